The summed E-state index contributed by atoms with van der Waals surface area (Å²) in [6.45, 7) is 1.74. The molecule has 2 unspecified atom stereocenters. The number of aliphatic carboxylic acids is 2. The van der Waals surface area contributed by atoms with Crippen molar-refractivity contribution in [1.82, 2.24) is 14.1 Å². The maximum atomic E-state index is 12.0. The lowest BCUT2D eigenvalue weighted by Crippen LogP contribution is -2.51. The molecule has 0 saturated heterocycles. The quantitative estimate of drug-likeness (QED) is 0.557. The number of rotatable bonds is 6. The molecule has 0 spiro atoms. The van der Waals surface area contributed by atoms with E-state index < -0.39 is 53.9 Å². The van der Waals surface area contributed by atoms with Gasteiger partial charge >= 0.3 is 29.0 Å². The molecule has 0 aromatic carbocycles. The molecule has 1 heterocycles. The molecule has 1 rings (SSSR count). The average molecular weight is 301 g/mol. The number of aromatic nitrogens is 3. The summed E-state index contributed by atoms with van der Waals surface area (Å²) < 4.78 is 1.13. The Labute approximate surface area is 117 Å². The molecule has 0 amide bonds. The van der Waals surface area contributed by atoms with Gasteiger partial charge in [0.05, 0.1) is 11.8 Å². The molecule has 1 aromatic rings. The first-order chi connectivity index (χ1) is 9.65. The molecule has 10 heteroatoms. The summed E-state index contributed by atoms with van der Waals surface area (Å²) in [5.74, 6) is -4.46. The third kappa shape index (κ3) is 3.68. The van der Waals surface area contributed by atoms with E-state index in [0.717, 1.165) is 0 Å². The zero-order chi connectivity index (χ0) is 16.3. The maximum absolute atomic E-state index is 12.0. The molecular weight excluding hydrogens is 286 g/mol. The number of aromatic amines is 1. The predicted octanol–water partition coefficient (Wildman–Crippen LogP) is -1.86. The van der Waals surface area contributed by atoms with Crippen LogP contribution >= 0.6 is 0 Å². The SMILES string of the molecule is CC(Cn1c(=O)[nH]c(=O)n(CC(C)C(=O)O)c1=O)C(=O)O. The van der Waals surface area contributed by atoms with Crippen molar-refractivity contribution in [3.63, 3.8) is 0 Å². The van der Waals surface area contributed by atoms with Gasteiger partial charge in [-0.1, -0.05) is 13.8 Å². The zero-order valence-corrected chi connectivity index (χ0v) is 11.4. The van der Waals surface area contributed by atoms with Crippen molar-refractivity contribution in [1.29, 1.82) is 0 Å². The van der Waals surface area contributed by atoms with Crippen LogP contribution in [-0.4, -0.2) is 36.3 Å². The Morgan fingerprint density at radius 2 is 1.29 bits per heavy atom. The molecule has 0 aliphatic rings. The van der Waals surface area contributed by atoms with E-state index in [0.29, 0.717) is 9.13 Å². The first-order valence-corrected chi connectivity index (χ1v) is 6.04. The molecule has 0 radical (unpaired) electrons. The van der Waals surface area contributed by atoms with Gasteiger partial charge in [-0.25, -0.2) is 23.5 Å². The fourth-order valence-electron chi connectivity index (χ4n) is 1.57. The van der Waals surface area contributed by atoms with Crippen molar-refractivity contribution >= 4 is 11.9 Å². The van der Waals surface area contributed by atoms with Gasteiger partial charge in [-0.15, -0.1) is 0 Å². The Balaban J connectivity index is 3.32. The first kappa shape index (κ1) is 16.4. The minimum Gasteiger partial charge on any atom is -0.481 e. The van der Waals surface area contributed by atoms with Gasteiger partial charge in [0.25, 0.3) is 0 Å². The van der Waals surface area contributed by atoms with Crippen molar-refractivity contribution in [3.8, 4) is 0 Å². The summed E-state index contributed by atoms with van der Waals surface area (Å²) in [6, 6.07) is 0. The lowest BCUT2D eigenvalue weighted by Gasteiger charge is -2.12. The second-order valence-corrected chi connectivity index (χ2v) is 4.72. The third-order valence-corrected chi connectivity index (χ3v) is 2.92. The smallest absolute Gasteiger partial charge is 0.336 e. The van der Waals surface area contributed by atoms with Crippen LogP contribution in [0.5, 0.6) is 0 Å². The van der Waals surface area contributed by atoms with Crippen molar-refractivity contribution in [3.05, 3.63) is 31.5 Å². The topological polar surface area (TPSA) is 151 Å². The van der Waals surface area contributed by atoms with Crippen molar-refractivity contribution < 1.29 is 19.8 Å². The van der Waals surface area contributed by atoms with Gasteiger partial charge < -0.3 is 10.2 Å². The van der Waals surface area contributed by atoms with E-state index >= 15 is 0 Å². The second-order valence-electron chi connectivity index (χ2n) is 4.72. The number of carbonyl (C=O) groups is 2. The summed E-state index contributed by atoms with van der Waals surface area (Å²) in [4.78, 5) is 58.6. The Kier molecular flexibility index (Phi) is 4.84. The number of carboxylic acids is 2. The molecule has 0 saturated carbocycles. The highest BCUT2D eigenvalue weighted by Gasteiger charge is 2.19. The Morgan fingerprint density at radius 1 is 0.952 bits per heavy atom. The number of hydrogen-bond acceptors (Lipinski definition) is 5. The highest BCUT2D eigenvalue weighted by molar-refractivity contribution is 5.69. The number of nitrogens with zero attached hydrogens (tertiary/aromatic N) is 2. The van der Waals surface area contributed by atoms with Crippen LogP contribution in [0.2, 0.25) is 0 Å². The molecule has 0 fully saturated rings. The largest absolute Gasteiger partial charge is 0.481 e. The fraction of sp³-hybridized carbons (Fsp3) is 0.545. The molecule has 0 bridgehead atoms. The molecule has 10 nitrogen and oxygen atoms in total. The number of hydrogen-bond donors (Lipinski definition) is 3. The number of carboxylic acid groups (broad SMARTS) is 2. The van der Waals surface area contributed by atoms with E-state index in [4.69, 9.17) is 10.2 Å². The standard InChI is InChI=1S/C11H15N3O7/c1-5(7(15)16)3-13-9(19)12-10(20)14(11(13)21)4-6(2)8(17)18/h5-6H,3-4H2,1-2H3,(H,15,16)(H,17,18)(H,12,19,20). The van der Waals surface area contributed by atoms with Crippen molar-refractivity contribution in [2.24, 2.45) is 11.8 Å². The number of H-pyrrole nitrogens is 1. The third-order valence-electron chi connectivity index (χ3n) is 2.92. The lowest BCUT2D eigenvalue weighted by molar-refractivity contribution is -0.142. The normalized spacial score (nSPS) is 13.6. The fourth-order valence-corrected chi connectivity index (χ4v) is 1.57. The predicted molar refractivity (Wildman–Crippen MR) is 69.2 cm³/mol. The van der Waals surface area contributed by atoms with Crippen LogP contribution in [0.25, 0.3) is 0 Å². The lowest BCUT2D eigenvalue weighted by atomic mass is 10.2. The van der Waals surface area contributed by atoms with E-state index in [2.05, 4.69) is 0 Å². The van der Waals surface area contributed by atoms with Gasteiger partial charge in [-0.3, -0.25) is 14.6 Å². The van der Waals surface area contributed by atoms with E-state index in [-0.39, 0.29) is 0 Å². The Hall–Kier alpha value is -2.65. The van der Waals surface area contributed by atoms with Crippen LogP contribution in [-0.2, 0) is 22.7 Å². The molecule has 116 valence electrons. The van der Waals surface area contributed by atoms with Crippen LogP contribution in [0.1, 0.15) is 13.8 Å². The van der Waals surface area contributed by atoms with Gasteiger partial charge in [0.1, 0.15) is 0 Å². The van der Waals surface area contributed by atoms with Gasteiger partial charge in [0.2, 0.25) is 0 Å². The molecule has 0 aliphatic carbocycles. The summed E-state index contributed by atoms with van der Waals surface area (Å²) in [5.41, 5.74) is -3.10. The molecule has 21 heavy (non-hydrogen) atoms. The zero-order valence-electron chi connectivity index (χ0n) is 11.4. The van der Waals surface area contributed by atoms with E-state index in [1.54, 1.807) is 0 Å². The minimum atomic E-state index is -1.21. The highest BCUT2D eigenvalue weighted by Crippen LogP contribution is 1.97. The van der Waals surface area contributed by atoms with Gasteiger partial charge in [0.15, 0.2) is 0 Å². The summed E-state index contributed by atoms with van der Waals surface area (Å²) in [6.07, 6.45) is 0. The van der Waals surface area contributed by atoms with Gasteiger partial charge in [-0.2, -0.15) is 0 Å². The van der Waals surface area contributed by atoms with Crippen LogP contribution in [0.4, 0.5) is 0 Å². The van der Waals surface area contributed by atoms with Gasteiger partial charge in [0, 0.05) is 13.1 Å². The van der Waals surface area contributed by atoms with Crippen LogP contribution in [0.15, 0.2) is 14.4 Å². The number of nitrogens with one attached hydrogen (secondary N) is 1. The van der Waals surface area contributed by atoms with Crippen LogP contribution in [0, 0.1) is 11.8 Å². The molecule has 3 N–H and O–H groups in total. The van der Waals surface area contributed by atoms with Crippen LogP contribution < -0.4 is 17.1 Å². The molecular formula is C11H15N3O7. The molecule has 0 aliphatic heterocycles. The summed E-state index contributed by atoms with van der Waals surface area (Å²) >= 11 is 0. The molecule has 2 atom stereocenters. The molecule has 1 aromatic heterocycles. The minimum absolute atomic E-state index is 0.425. The maximum Gasteiger partial charge on any atom is 0.336 e. The van der Waals surface area contributed by atoms with Gasteiger partial charge in [-0.05, 0) is 0 Å². The Bertz CT molecular complexity index is 669. The van der Waals surface area contributed by atoms with Crippen molar-refractivity contribution in [2.75, 3.05) is 0 Å². The van der Waals surface area contributed by atoms with Crippen LogP contribution in [0.3, 0.4) is 0 Å². The second kappa shape index (κ2) is 6.20. The van der Waals surface area contributed by atoms with Crippen molar-refractivity contribution in [2.45, 2.75) is 26.9 Å². The van der Waals surface area contributed by atoms with E-state index in [9.17, 15) is 24.0 Å². The first-order valence-electron chi connectivity index (χ1n) is 6.04. The van der Waals surface area contributed by atoms with E-state index in [1.807, 2.05) is 4.98 Å². The van der Waals surface area contributed by atoms with E-state index in [1.165, 1.54) is 13.8 Å². The monoisotopic (exact) mass is 301 g/mol. The summed E-state index contributed by atoms with van der Waals surface area (Å²) in [5, 5.41) is 17.6. The highest BCUT2D eigenvalue weighted by atomic mass is 16.4. The Morgan fingerprint density at radius 3 is 1.57 bits per heavy atom. The summed E-state index contributed by atoms with van der Waals surface area (Å²) in [7, 11) is 0. The average Bonchev–Trinajstić information content (AvgIpc) is 2.38.